The number of anilines is 1. The highest BCUT2D eigenvalue weighted by molar-refractivity contribution is 6.05. The molecule has 0 saturated carbocycles. The van der Waals surface area contributed by atoms with Crippen LogP contribution in [0.15, 0.2) is 24.3 Å². The molecule has 1 aromatic heterocycles. The number of carbonyl (C=O) groups is 2. The van der Waals surface area contributed by atoms with Crippen LogP contribution in [0.3, 0.4) is 0 Å². The number of nitrogens with one attached hydrogen (secondary N) is 2. The standard InChI is InChI=1S/C21H28N4O2/c1-5-14-10-6-7-11-15(14)22-19(26)17-16-12-8-9-13-25(16)18(23-17)20(27)24-21(2,3)4/h6-7,10-11H,5,8-9,12-13H2,1-4H3,(H,22,26)(H,24,27). The van der Waals surface area contributed by atoms with Crippen LogP contribution >= 0.6 is 0 Å². The number of nitrogens with zero attached hydrogens (tertiary/aromatic N) is 2. The van der Waals surface area contributed by atoms with Gasteiger partial charge in [-0.15, -0.1) is 0 Å². The van der Waals surface area contributed by atoms with Crippen LogP contribution in [0.25, 0.3) is 0 Å². The van der Waals surface area contributed by atoms with Gasteiger partial charge in [0.1, 0.15) is 0 Å². The summed E-state index contributed by atoms with van der Waals surface area (Å²) < 4.78 is 1.91. The highest BCUT2D eigenvalue weighted by atomic mass is 16.2. The van der Waals surface area contributed by atoms with Crippen LogP contribution in [0.1, 0.15) is 72.9 Å². The molecule has 2 amide bonds. The smallest absolute Gasteiger partial charge is 0.287 e. The Morgan fingerprint density at radius 1 is 1.15 bits per heavy atom. The van der Waals surface area contributed by atoms with Crippen molar-refractivity contribution in [2.45, 2.75) is 65.5 Å². The van der Waals surface area contributed by atoms with Gasteiger partial charge in [0.2, 0.25) is 0 Å². The highest BCUT2D eigenvalue weighted by Gasteiger charge is 2.29. The number of rotatable bonds is 4. The van der Waals surface area contributed by atoms with Crippen LogP contribution in [0.2, 0.25) is 0 Å². The molecule has 0 spiro atoms. The number of benzene rings is 1. The third-order valence-electron chi connectivity index (χ3n) is 4.67. The quantitative estimate of drug-likeness (QED) is 0.866. The fourth-order valence-corrected chi connectivity index (χ4v) is 3.43. The minimum absolute atomic E-state index is 0.237. The molecule has 0 unspecified atom stereocenters. The van der Waals surface area contributed by atoms with E-state index in [2.05, 4.69) is 22.5 Å². The first kappa shape index (κ1) is 19.1. The lowest BCUT2D eigenvalue weighted by atomic mass is 10.1. The van der Waals surface area contributed by atoms with Crippen molar-refractivity contribution in [2.24, 2.45) is 0 Å². The van der Waals surface area contributed by atoms with Crippen molar-refractivity contribution < 1.29 is 9.59 Å². The number of imidazole rings is 1. The molecule has 0 fully saturated rings. The van der Waals surface area contributed by atoms with Crippen molar-refractivity contribution in [1.29, 1.82) is 0 Å². The minimum Gasteiger partial charge on any atom is -0.345 e. The van der Waals surface area contributed by atoms with E-state index in [0.717, 1.165) is 42.6 Å². The number of aromatic nitrogens is 2. The summed E-state index contributed by atoms with van der Waals surface area (Å²) in [7, 11) is 0. The van der Waals surface area contributed by atoms with E-state index in [9.17, 15) is 9.59 Å². The van der Waals surface area contributed by atoms with Gasteiger partial charge in [-0.25, -0.2) is 4.98 Å². The lowest BCUT2D eigenvalue weighted by Crippen LogP contribution is -2.42. The molecule has 3 rings (SSSR count). The molecule has 2 aromatic rings. The van der Waals surface area contributed by atoms with Gasteiger partial charge in [0.15, 0.2) is 11.5 Å². The fraction of sp³-hybridized carbons (Fsp3) is 0.476. The Balaban J connectivity index is 1.93. The van der Waals surface area contributed by atoms with Gasteiger partial charge in [-0.05, 0) is 58.1 Å². The van der Waals surface area contributed by atoms with Crippen LogP contribution in [0.5, 0.6) is 0 Å². The van der Waals surface area contributed by atoms with Gasteiger partial charge in [-0.2, -0.15) is 0 Å². The molecule has 2 N–H and O–H groups in total. The first-order valence-corrected chi connectivity index (χ1v) is 9.61. The van der Waals surface area contributed by atoms with Gasteiger partial charge >= 0.3 is 0 Å². The number of hydrogen-bond donors (Lipinski definition) is 2. The second kappa shape index (κ2) is 7.55. The van der Waals surface area contributed by atoms with E-state index in [1.807, 2.05) is 49.6 Å². The van der Waals surface area contributed by atoms with Crippen molar-refractivity contribution in [2.75, 3.05) is 5.32 Å². The molecule has 0 aliphatic carbocycles. The van der Waals surface area contributed by atoms with E-state index in [1.165, 1.54) is 0 Å². The molecule has 0 atom stereocenters. The Bertz CT molecular complexity index is 862. The number of hydrogen-bond acceptors (Lipinski definition) is 3. The number of para-hydroxylation sites is 1. The first-order valence-electron chi connectivity index (χ1n) is 9.61. The summed E-state index contributed by atoms with van der Waals surface area (Å²) in [6.07, 6.45) is 3.57. The highest BCUT2D eigenvalue weighted by Crippen LogP contribution is 2.23. The number of amides is 2. The summed E-state index contributed by atoms with van der Waals surface area (Å²) in [5.41, 5.74) is 2.72. The molecule has 6 heteroatoms. The van der Waals surface area contributed by atoms with Gasteiger partial charge in [0.25, 0.3) is 11.8 Å². The molecule has 27 heavy (non-hydrogen) atoms. The summed E-state index contributed by atoms with van der Waals surface area (Å²) in [5, 5.41) is 5.93. The average molecular weight is 368 g/mol. The molecule has 1 aliphatic heterocycles. The van der Waals surface area contributed by atoms with Crippen LogP contribution < -0.4 is 10.6 Å². The van der Waals surface area contributed by atoms with Gasteiger partial charge in [-0.1, -0.05) is 25.1 Å². The summed E-state index contributed by atoms with van der Waals surface area (Å²) in [4.78, 5) is 30.1. The van der Waals surface area contributed by atoms with Crippen LogP contribution in [-0.2, 0) is 19.4 Å². The van der Waals surface area contributed by atoms with Crippen LogP contribution in [-0.4, -0.2) is 26.9 Å². The van der Waals surface area contributed by atoms with Gasteiger partial charge in [0, 0.05) is 17.8 Å². The first-order chi connectivity index (χ1) is 12.8. The number of aryl methyl sites for hydroxylation is 1. The second-order valence-electron chi connectivity index (χ2n) is 8.01. The Morgan fingerprint density at radius 3 is 2.59 bits per heavy atom. The predicted octanol–water partition coefficient (Wildman–Crippen LogP) is 3.56. The summed E-state index contributed by atoms with van der Waals surface area (Å²) >= 11 is 0. The Kier molecular flexibility index (Phi) is 5.35. The SMILES string of the molecule is CCc1ccccc1NC(=O)c1nc(C(=O)NC(C)(C)C)n2c1CCCC2. The molecule has 144 valence electrons. The van der Waals surface area contributed by atoms with E-state index in [4.69, 9.17) is 0 Å². The maximum Gasteiger partial charge on any atom is 0.287 e. The molecule has 0 bridgehead atoms. The third kappa shape index (κ3) is 4.21. The summed E-state index contributed by atoms with van der Waals surface area (Å²) in [6, 6.07) is 7.76. The third-order valence-corrected chi connectivity index (χ3v) is 4.67. The zero-order valence-corrected chi connectivity index (χ0v) is 16.6. The monoisotopic (exact) mass is 368 g/mol. The molecule has 1 aromatic carbocycles. The predicted molar refractivity (Wildman–Crippen MR) is 106 cm³/mol. The fourth-order valence-electron chi connectivity index (χ4n) is 3.43. The lowest BCUT2D eigenvalue weighted by Gasteiger charge is -2.22. The number of carbonyl (C=O) groups excluding carboxylic acids is 2. The zero-order chi connectivity index (χ0) is 19.6. The molecule has 0 saturated heterocycles. The number of fused-ring (bicyclic) bond motifs is 1. The second-order valence-corrected chi connectivity index (χ2v) is 8.01. The largest absolute Gasteiger partial charge is 0.345 e. The van der Waals surface area contributed by atoms with Gasteiger partial charge < -0.3 is 15.2 Å². The molecular weight excluding hydrogens is 340 g/mol. The van der Waals surface area contributed by atoms with Gasteiger partial charge in [0.05, 0.1) is 5.69 Å². The van der Waals surface area contributed by atoms with Crippen molar-refractivity contribution in [3.63, 3.8) is 0 Å². The van der Waals surface area contributed by atoms with E-state index in [0.29, 0.717) is 18.1 Å². The Hall–Kier alpha value is -2.63. The molecular formula is C21H28N4O2. The van der Waals surface area contributed by atoms with E-state index in [-0.39, 0.29) is 17.4 Å². The van der Waals surface area contributed by atoms with Crippen molar-refractivity contribution in [1.82, 2.24) is 14.9 Å². The molecule has 0 radical (unpaired) electrons. The average Bonchev–Trinajstić information content (AvgIpc) is 3.01. The van der Waals surface area contributed by atoms with E-state index >= 15 is 0 Å². The molecule has 2 heterocycles. The van der Waals surface area contributed by atoms with E-state index in [1.54, 1.807) is 0 Å². The maximum atomic E-state index is 13.0. The van der Waals surface area contributed by atoms with Crippen molar-refractivity contribution in [3.8, 4) is 0 Å². The van der Waals surface area contributed by atoms with Crippen molar-refractivity contribution >= 4 is 17.5 Å². The summed E-state index contributed by atoms with van der Waals surface area (Å²) in [6.45, 7) is 8.56. The van der Waals surface area contributed by atoms with Crippen LogP contribution in [0.4, 0.5) is 5.69 Å². The van der Waals surface area contributed by atoms with Gasteiger partial charge in [-0.3, -0.25) is 9.59 Å². The molecule has 1 aliphatic rings. The van der Waals surface area contributed by atoms with E-state index < -0.39 is 0 Å². The summed E-state index contributed by atoms with van der Waals surface area (Å²) in [5.74, 6) is -0.163. The lowest BCUT2D eigenvalue weighted by molar-refractivity contribution is 0.0903. The topological polar surface area (TPSA) is 76.0 Å². The maximum absolute atomic E-state index is 13.0. The zero-order valence-electron chi connectivity index (χ0n) is 16.6. The normalized spacial score (nSPS) is 13.8. The molecule has 6 nitrogen and oxygen atoms in total. The Morgan fingerprint density at radius 2 is 1.89 bits per heavy atom. The Labute approximate surface area is 160 Å². The van der Waals surface area contributed by atoms with Crippen molar-refractivity contribution in [3.05, 3.63) is 47.0 Å². The van der Waals surface area contributed by atoms with Crippen LogP contribution in [0, 0.1) is 0 Å². The minimum atomic E-state index is -0.360.